The summed E-state index contributed by atoms with van der Waals surface area (Å²) < 4.78 is 13.6. The number of likely N-dealkylation sites (N-methyl/N-ethyl adjacent to an activating group) is 1. The van der Waals surface area contributed by atoms with Crippen LogP contribution in [0.4, 0.5) is 10.1 Å². The Hall–Kier alpha value is -1.49. The van der Waals surface area contributed by atoms with E-state index < -0.39 is 10.7 Å². The molecule has 0 bridgehead atoms. The zero-order valence-corrected chi connectivity index (χ0v) is 10.1. The summed E-state index contributed by atoms with van der Waals surface area (Å²) in [5, 5.41) is 13.7. The quantitative estimate of drug-likeness (QED) is 0.614. The summed E-state index contributed by atoms with van der Waals surface area (Å²) in [7, 11) is 0. The van der Waals surface area contributed by atoms with Crippen molar-refractivity contribution < 1.29 is 9.31 Å². The maximum atomic E-state index is 13.6. The number of nitro benzene ring substituents is 1. The summed E-state index contributed by atoms with van der Waals surface area (Å²) in [5.41, 5.74) is 0.311. The second kappa shape index (κ2) is 6.30. The molecule has 94 valence electrons. The Bertz CT molecular complexity index is 396. The minimum atomic E-state index is -0.589. The SMILES string of the molecule is CCNC(CC)Cc1ccc([N+](=O)[O-])cc1F. The molecule has 1 atom stereocenters. The number of nitro groups is 1. The molecule has 4 nitrogen and oxygen atoms in total. The summed E-state index contributed by atoms with van der Waals surface area (Å²) in [6.45, 7) is 4.85. The number of benzene rings is 1. The first kappa shape index (κ1) is 13.6. The number of halogens is 1. The van der Waals surface area contributed by atoms with Crippen LogP contribution in [-0.4, -0.2) is 17.5 Å². The van der Waals surface area contributed by atoms with Crippen LogP contribution in [0.3, 0.4) is 0 Å². The van der Waals surface area contributed by atoms with E-state index in [1.54, 1.807) is 0 Å². The van der Waals surface area contributed by atoms with E-state index >= 15 is 0 Å². The first-order valence-electron chi connectivity index (χ1n) is 5.74. The zero-order valence-electron chi connectivity index (χ0n) is 10.1. The first-order chi connectivity index (χ1) is 8.08. The van der Waals surface area contributed by atoms with Crippen molar-refractivity contribution in [2.75, 3.05) is 6.54 Å². The molecule has 1 aromatic rings. The number of nitrogens with zero attached hydrogens (tertiary/aromatic N) is 1. The predicted molar refractivity (Wildman–Crippen MR) is 64.5 cm³/mol. The maximum absolute atomic E-state index is 13.6. The third kappa shape index (κ3) is 3.78. The van der Waals surface area contributed by atoms with Gasteiger partial charge in [-0.1, -0.05) is 13.8 Å². The first-order valence-corrected chi connectivity index (χ1v) is 5.74. The van der Waals surface area contributed by atoms with Crippen molar-refractivity contribution in [2.24, 2.45) is 0 Å². The van der Waals surface area contributed by atoms with E-state index in [4.69, 9.17) is 0 Å². The van der Waals surface area contributed by atoms with Crippen LogP contribution >= 0.6 is 0 Å². The highest BCUT2D eigenvalue weighted by atomic mass is 19.1. The molecule has 0 aliphatic heterocycles. The lowest BCUT2D eigenvalue weighted by atomic mass is 10.0. The van der Waals surface area contributed by atoms with Crippen LogP contribution in [0.1, 0.15) is 25.8 Å². The molecule has 0 radical (unpaired) electrons. The van der Waals surface area contributed by atoms with Crippen LogP contribution in [0, 0.1) is 15.9 Å². The highest BCUT2D eigenvalue weighted by Crippen LogP contribution is 2.18. The number of hydrogen-bond acceptors (Lipinski definition) is 3. The standard InChI is InChI=1S/C12H17FN2O2/c1-3-10(14-4-2)7-9-5-6-11(15(16)17)8-12(9)13/h5-6,8,10,14H,3-4,7H2,1-2H3. The topological polar surface area (TPSA) is 55.2 Å². The third-order valence-corrected chi connectivity index (χ3v) is 2.70. The van der Waals surface area contributed by atoms with Crippen molar-refractivity contribution in [2.45, 2.75) is 32.7 Å². The second-order valence-corrected chi connectivity index (χ2v) is 3.90. The van der Waals surface area contributed by atoms with Crippen LogP contribution in [0.5, 0.6) is 0 Å². The predicted octanol–water partition coefficient (Wildman–Crippen LogP) is 2.66. The van der Waals surface area contributed by atoms with E-state index in [1.807, 2.05) is 13.8 Å². The summed E-state index contributed by atoms with van der Waals surface area (Å²) >= 11 is 0. The third-order valence-electron chi connectivity index (χ3n) is 2.70. The lowest BCUT2D eigenvalue weighted by Crippen LogP contribution is -2.30. The molecule has 1 unspecified atom stereocenters. The average Bonchev–Trinajstić information content (AvgIpc) is 2.30. The van der Waals surface area contributed by atoms with Gasteiger partial charge in [0.25, 0.3) is 5.69 Å². The summed E-state index contributed by atoms with van der Waals surface area (Å²) in [5.74, 6) is -0.504. The van der Waals surface area contributed by atoms with Crippen LogP contribution in [0.2, 0.25) is 0 Å². The van der Waals surface area contributed by atoms with Crippen LogP contribution in [0.15, 0.2) is 18.2 Å². The zero-order chi connectivity index (χ0) is 12.8. The maximum Gasteiger partial charge on any atom is 0.272 e. The van der Waals surface area contributed by atoms with Gasteiger partial charge in [0.15, 0.2) is 0 Å². The fourth-order valence-corrected chi connectivity index (χ4v) is 1.73. The Morgan fingerprint density at radius 3 is 2.65 bits per heavy atom. The fraction of sp³-hybridized carbons (Fsp3) is 0.500. The van der Waals surface area contributed by atoms with Gasteiger partial charge in [-0.2, -0.15) is 0 Å². The normalized spacial score (nSPS) is 12.4. The molecule has 0 aliphatic rings. The van der Waals surface area contributed by atoms with Gasteiger partial charge in [-0.05, 0) is 31.0 Å². The Morgan fingerprint density at radius 1 is 1.47 bits per heavy atom. The average molecular weight is 240 g/mol. The lowest BCUT2D eigenvalue weighted by Gasteiger charge is -2.15. The van der Waals surface area contributed by atoms with Crippen molar-refractivity contribution in [3.8, 4) is 0 Å². The summed E-state index contributed by atoms with van der Waals surface area (Å²) in [6, 6.07) is 4.02. The molecular formula is C12H17FN2O2. The van der Waals surface area contributed by atoms with E-state index in [1.165, 1.54) is 12.1 Å². The number of nitrogens with one attached hydrogen (secondary N) is 1. The van der Waals surface area contributed by atoms with Crippen molar-refractivity contribution in [3.05, 3.63) is 39.7 Å². The highest BCUT2D eigenvalue weighted by Gasteiger charge is 2.13. The molecule has 1 rings (SSSR count). The van der Waals surface area contributed by atoms with Crippen molar-refractivity contribution in [1.82, 2.24) is 5.32 Å². The van der Waals surface area contributed by atoms with E-state index in [2.05, 4.69) is 5.32 Å². The molecule has 0 amide bonds. The van der Waals surface area contributed by atoms with Crippen LogP contribution in [-0.2, 0) is 6.42 Å². The van der Waals surface area contributed by atoms with Gasteiger partial charge in [0.05, 0.1) is 11.0 Å². The summed E-state index contributed by atoms with van der Waals surface area (Å²) in [4.78, 5) is 9.88. The molecule has 0 aromatic heterocycles. The number of hydrogen-bond donors (Lipinski definition) is 1. The number of rotatable bonds is 6. The van der Waals surface area contributed by atoms with E-state index in [0.29, 0.717) is 12.0 Å². The molecule has 0 saturated carbocycles. The molecule has 0 heterocycles. The van der Waals surface area contributed by atoms with Gasteiger partial charge in [-0.3, -0.25) is 10.1 Å². The van der Waals surface area contributed by atoms with Gasteiger partial charge in [0.2, 0.25) is 0 Å². The van der Waals surface area contributed by atoms with Crippen molar-refractivity contribution in [3.63, 3.8) is 0 Å². The minimum absolute atomic E-state index is 0.205. The van der Waals surface area contributed by atoms with Crippen molar-refractivity contribution >= 4 is 5.69 Å². The van der Waals surface area contributed by atoms with Gasteiger partial charge in [-0.15, -0.1) is 0 Å². The molecule has 1 aromatic carbocycles. The van der Waals surface area contributed by atoms with Crippen LogP contribution in [0.25, 0.3) is 0 Å². The Labute approximate surface area is 100.0 Å². The Morgan fingerprint density at radius 2 is 2.18 bits per heavy atom. The lowest BCUT2D eigenvalue weighted by molar-refractivity contribution is -0.385. The molecule has 0 spiro atoms. The molecule has 17 heavy (non-hydrogen) atoms. The number of non-ortho nitro benzene ring substituents is 1. The largest absolute Gasteiger partial charge is 0.314 e. The highest BCUT2D eigenvalue weighted by molar-refractivity contribution is 5.34. The van der Waals surface area contributed by atoms with Gasteiger partial charge in [0, 0.05) is 12.1 Å². The molecular weight excluding hydrogens is 223 g/mol. The molecule has 0 aliphatic carbocycles. The van der Waals surface area contributed by atoms with Gasteiger partial charge in [-0.25, -0.2) is 4.39 Å². The van der Waals surface area contributed by atoms with E-state index in [0.717, 1.165) is 19.0 Å². The molecule has 0 fully saturated rings. The second-order valence-electron chi connectivity index (χ2n) is 3.90. The fourth-order valence-electron chi connectivity index (χ4n) is 1.73. The van der Waals surface area contributed by atoms with Gasteiger partial charge >= 0.3 is 0 Å². The minimum Gasteiger partial charge on any atom is -0.314 e. The Balaban J connectivity index is 2.81. The van der Waals surface area contributed by atoms with E-state index in [-0.39, 0.29) is 11.7 Å². The monoisotopic (exact) mass is 240 g/mol. The summed E-state index contributed by atoms with van der Waals surface area (Å²) in [6.07, 6.45) is 1.44. The smallest absolute Gasteiger partial charge is 0.272 e. The van der Waals surface area contributed by atoms with E-state index in [9.17, 15) is 14.5 Å². The van der Waals surface area contributed by atoms with Crippen LogP contribution < -0.4 is 5.32 Å². The van der Waals surface area contributed by atoms with Gasteiger partial charge in [0.1, 0.15) is 5.82 Å². The molecule has 5 heteroatoms. The molecule has 0 saturated heterocycles. The van der Waals surface area contributed by atoms with Crippen molar-refractivity contribution in [1.29, 1.82) is 0 Å². The van der Waals surface area contributed by atoms with Gasteiger partial charge < -0.3 is 5.32 Å². The molecule has 1 N–H and O–H groups in total. The Kier molecular flexibility index (Phi) is 5.03.